The Kier molecular flexibility index (Phi) is 5.50. The van der Waals surface area contributed by atoms with Gasteiger partial charge in [0.1, 0.15) is 10.6 Å². The van der Waals surface area contributed by atoms with Crippen LogP contribution in [0.2, 0.25) is 5.02 Å². The van der Waals surface area contributed by atoms with Gasteiger partial charge in [0.05, 0.1) is 12.1 Å². The van der Waals surface area contributed by atoms with Crippen LogP contribution in [0.5, 0.6) is 5.75 Å². The summed E-state index contributed by atoms with van der Waals surface area (Å²) in [5.74, 6) is 0.727. The maximum Gasteiger partial charge on any atom is 0.244 e. The fraction of sp³-hybridized carbons (Fsp3) is 0.200. The molecule has 0 saturated carbocycles. The van der Waals surface area contributed by atoms with Crippen molar-refractivity contribution >= 4 is 37.6 Å². The fourth-order valence-electron chi connectivity index (χ4n) is 1.93. The van der Waals surface area contributed by atoms with E-state index in [0.717, 1.165) is 15.8 Å². The average Bonchev–Trinajstić information content (AvgIpc) is 2.47. The van der Waals surface area contributed by atoms with Crippen LogP contribution in [0.3, 0.4) is 0 Å². The lowest BCUT2D eigenvalue weighted by Crippen LogP contribution is -2.26. The van der Waals surface area contributed by atoms with Gasteiger partial charge in [-0.25, -0.2) is 8.42 Å². The van der Waals surface area contributed by atoms with Crippen molar-refractivity contribution in [2.75, 3.05) is 14.2 Å². The zero-order chi connectivity index (χ0) is 16.3. The quantitative estimate of drug-likeness (QED) is 0.758. The smallest absolute Gasteiger partial charge is 0.244 e. The van der Waals surface area contributed by atoms with Gasteiger partial charge in [0.15, 0.2) is 0 Å². The monoisotopic (exact) mass is 403 g/mol. The minimum atomic E-state index is -3.65. The molecule has 0 aliphatic carbocycles. The van der Waals surface area contributed by atoms with E-state index in [1.54, 1.807) is 31.4 Å². The molecule has 2 aromatic rings. The van der Waals surface area contributed by atoms with Gasteiger partial charge in [-0.3, -0.25) is 0 Å². The molecule has 0 unspecified atom stereocenters. The van der Waals surface area contributed by atoms with Crippen LogP contribution in [-0.4, -0.2) is 26.9 Å². The topological polar surface area (TPSA) is 46.6 Å². The Labute approximate surface area is 143 Å². The van der Waals surface area contributed by atoms with Crippen LogP contribution in [0.1, 0.15) is 5.56 Å². The summed E-state index contributed by atoms with van der Waals surface area (Å²) in [6, 6.07) is 12.0. The fourth-order valence-corrected chi connectivity index (χ4v) is 4.09. The van der Waals surface area contributed by atoms with E-state index in [9.17, 15) is 8.42 Å². The molecule has 2 rings (SSSR count). The van der Waals surface area contributed by atoms with Gasteiger partial charge < -0.3 is 4.74 Å². The molecule has 0 aliphatic heterocycles. The molecule has 0 aromatic heterocycles. The molecule has 0 N–H and O–H groups in total. The molecule has 118 valence electrons. The van der Waals surface area contributed by atoms with Crippen LogP contribution in [-0.2, 0) is 16.6 Å². The van der Waals surface area contributed by atoms with E-state index >= 15 is 0 Å². The number of rotatable bonds is 5. The number of benzene rings is 2. The maximum absolute atomic E-state index is 12.6. The Morgan fingerprint density at radius 1 is 1.18 bits per heavy atom. The molecule has 0 aliphatic rings. The van der Waals surface area contributed by atoms with Crippen molar-refractivity contribution in [3.8, 4) is 5.75 Å². The average molecular weight is 405 g/mol. The molecule has 0 fully saturated rings. The molecule has 0 amide bonds. The van der Waals surface area contributed by atoms with Gasteiger partial charge in [0.25, 0.3) is 0 Å². The standard InChI is InChI=1S/C15H15BrClNO3S/c1-18(10-11-3-6-13(21-2)7-4-11)22(19,20)15-8-5-12(16)9-14(15)17/h3-9H,10H2,1-2H3. The highest BCUT2D eigenvalue weighted by molar-refractivity contribution is 9.10. The Bertz CT molecular complexity index is 763. The van der Waals surface area contributed by atoms with E-state index in [1.165, 1.54) is 17.4 Å². The van der Waals surface area contributed by atoms with E-state index in [-0.39, 0.29) is 16.5 Å². The summed E-state index contributed by atoms with van der Waals surface area (Å²) in [4.78, 5) is 0.0911. The molecule has 0 atom stereocenters. The Morgan fingerprint density at radius 2 is 1.82 bits per heavy atom. The van der Waals surface area contributed by atoms with Crippen LogP contribution in [0.4, 0.5) is 0 Å². The van der Waals surface area contributed by atoms with Crippen molar-refractivity contribution in [3.05, 3.63) is 57.5 Å². The van der Waals surface area contributed by atoms with Gasteiger partial charge in [0, 0.05) is 18.1 Å². The van der Waals surface area contributed by atoms with Crippen molar-refractivity contribution in [1.82, 2.24) is 4.31 Å². The summed E-state index contributed by atoms with van der Waals surface area (Å²) >= 11 is 9.31. The molecule has 2 aromatic carbocycles. The molecule has 7 heteroatoms. The highest BCUT2D eigenvalue weighted by Gasteiger charge is 2.23. The number of nitrogens with zero attached hydrogens (tertiary/aromatic N) is 1. The number of hydrogen-bond donors (Lipinski definition) is 0. The van der Waals surface area contributed by atoms with Crippen LogP contribution in [0.15, 0.2) is 51.8 Å². The molecule has 0 heterocycles. The second kappa shape index (κ2) is 7.00. The van der Waals surface area contributed by atoms with Gasteiger partial charge in [0.2, 0.25) is 10.0 Å². The van der Waals surface area contributed by atoms with Crippen LogP contribution in [0.25, 0.3) is 0 Å². The van der Waals surface area contributed by atoms with Crippen molar-refractivity contribution in [1.29, 1.82) is 0 Å². The van der Waals surface area contributed by atoms with E-state index in [2.05, 4.69) is 15.9 Å². The highest BCUT2D eigenvalue weighted by Crippen LogP contribution is 2.28. The molecule has 22 heavy (non-hydrogen) atoms. The summed E-state index contributed by atoms with van der Waals surface area (Å²) in [6.07, 6.45) is 0. The lowest BCUT2D eigenvalue weighted by molar-refractivity contribution is 0.414. The molecule has 0 radical (unpaired) electrons. The second-order valence-corrected chi connectivity index (χ2v) is 8.02. The Hall–Kier alpha value is -1.08. The first-order valence-corrected chi connectivity index (χ1v) is 9.00. The first-order chi connectivity index (χ1) is 10.3. The summed E-state index contributed by atoms with van der Waals surface area (Å²) in [5, 5.41) is 0.191. The Morgan fingerprint density at radius 3 is 2.36 bits per heavy atom. The van der Waals surface area contributed by atoms with Crippen LogP contribution in [0, 0.1) is 0 Å². The van der Waals surface area contributed by atoms with Crippen molar-refractivity contribution < 1.29 is 13.2 Å². The van der Waals surface area contributed by atoms with Crippen molar-refractivity contribution in [2.24, 2.45) is 0 Å². The minimum Gasteiger partial charge on any atom is -0.497 e. The molecule has 0 saturated heterocycles. The third-order valence-electron chi connectivity index (χ3n) is 3.15. The molecule has 4 nitrogen and oxygen atoms in total. The third-order valence-corrected chi connectivity index (χ3v) is 5.93. The SMILES string of the molecule is COc1ccc(CN(C)S(=O)(=O)c2ccc(Br)cc2Cl)cc1. The minimum absolute atomic E-state index is 0.0911. The summed E-state index contributed by atoms with van der Waals surface area (Å²) in [7, 11) is -0.541. The molecule has 0 spiro atoms. The molecule has 0 bridgehead atoms. The number of sulfonamides is 1. The van der Waals surface area contributed by atoms with Gasteiger partial charge in [-0.05, 0) is 35.9 Å². The van der Waals surface area contributed by atoms with Gasteiger partial charge >= 0.3 is 0 Å². The number of hydrogen-bond acceptors (Lipinski definition) is 3. The number of halogens is 2. The zero-order valence-electron chi connectivity index (χ0n) is 12.1. The normalized spacial score (nSPS) is 11.7. The second-order valence-electron chi connectivity index (χ2n) is 4.68. The predicted octanol–water partition coefficient (Wildman–Crippen LogP) is 3.93. The first-order valence-electron chi connectivity index (χ1n) is 6.39. The van der Waals surface area contributed by atoms with Crippen molar-refractivity contribution in [2.45, 2.75) is 11.4 Å². The first kappa shape index (κ1) is 17.3. The third kappa shape index (κ3) is 3.81. The van der Waals surface area contributed by atoms with Crippen molar-refractivity contribution in [3.63, 3.8) is 0 Å². The molecular formula is C15H15BrClNO3S. The summed E-state index contributed by atoms with van der Waals surface area (Å²) in [6.45, 7) is 0.249. The number of ether oxygens (including phenoxy) is 1. The van der Waals surface area contributed by atoms with Gasteiger partial charge in [-0.15, -0.1) is 0 Å². The zero-order valence-corrected chi connectivity index (χ0v) is 15.2. The summed E-state index contributed by atoms with van der Waals surface area (Å²) < 4.78 is 32.3. The Balaban J connectivity index is 2.24. The van der Waals surface area contributed by atoms with Crippen LogP contribution >= 0.6 is 27.5 Å². The van der Waals surface area contributed by atoms with E-state index in [4.69, 9.17) is 16.3 Å². The largest absolute Gasteiger partial charge is 0.497 e. The van der Waals surface area contributed by atoms with E-state index in [0.29, 0.717) is 0 Å². The lowest BCUT2D eigenvalue weighted by Gasteiger charge is -2.18. The van der Waals surface area contributed by atoms with Crippen LogP contribution < -0.4 is 4.74 Å². The lowest BCUT2D eigenvalue weighted by atomic mass is 10.2. The maximum atomic E-state index is 12.6. The van der Waals surface area contributed by atoms with E-state index < -0.39 is 10.0 Å². The number of methoxy groups -OCH3 is 1. The van der Waals surface area contributed by atoms with E-state index in [1.807, 2.05) is 12.1 Å². The highest BCUT2D eigenvalue weighted by atomic mass is 79.9. The van der Waals surface area contributed by atoms with Gasteiger partial charge in [-0.2, -0.15) is 4.31 Å². The predicted molar refractivity (Wildman–Crippen MR) is 90.8 cm³/mol. The molecular weight excluding hydrogens is 390 g/mol. The summed E-state index contributed by atoms with van der Waals surface area (Å²) in [5.41, 5.74) is 0.861. The van der Waals surface area contributed by atoms with Gasteiger partial charge in [-0.1, -0.05) is 39.7 Å².